The fourth-order valence-electron chi connectivity index (χ4n) is 1.49. The van der Waals surface area contributed by atoms with Crippen molar-refractivity contribution < 1.29 is 4.74 Å². The van der Waals surface area contributed by atoms with Crippen LogP contribution in [0.2, 0.25) is 0 Å². The molecule has 1 aliphatic carbocycles. The lowest BCUT2D eigenvalue weighted by atomic mass is 10.1. The summed E-state index contributed by atoms with van der Waals surface area (Å²) >= 11 is 0. The van der Waals surface area contributed by atoms with Crippen molar-refractivity contribution in [2.24, 2.45) is 0 Å². The number of ether oxygens (including phenoxy) is 1. The predicted molar refractivity (Wildman–Crippen MR) is 69.5 cm³/mol. The molecule has 0 unspecified atom stereocenters. The maximum Gasteiger partial charge on any atom is 0.127 e. The highest BCUT2D eigenvalue weighted by molar-refractivity contribution is 5.30. The van der Waals surface area contributed by atoms with E-state index in [4.69, 9.17) is 4.74 Å². The van der Waals surface area contributed by atoms with Crippen LogP contribution in [0.5, 0.6) is 5.75 Å². The van der Waals surface area contributed by atoms with E-state index in [1.54, 1.807) is 0 Å². The first-order valence-corrected chi connectivity index (χ1v) is 5.95. The van der Waals surface area contributed by atoms with Crippen molar-refractivity contribution in [3.8, 4) is 5.75 Å². The van der Waals surface area contributed by atoms with Gasteiger partial charge in [-0.25, -0.2) is 0 Å². The van der Waals surface area contributed by atoms with E-state index in [0.29, 0.717) is 0 Å². The fourth-order valence-corrected chi connectivity index (χ4v) is 1.49. The first kappa shape index (κ1) is 12.6. The van der Waals surface area contributed by atoms with Crippen molar-refractivity contribution in [3.05, 3.63) is 53.8 Å². The minimum absolute atomic E-state index is 0.911. The monoisotopic (exact) mass is 216 g/mol. The molecule has 0 N–H and O–H groups in total. The maximum absolute atomic E-state index is 5.76. The zero-order valence-corrected chi connectivity index (χ0v) is 10.4. The van der Waals surface area contributed by atoms with E-state index in [9.17, 15) is 0 Å². The summed E-state index contributed by atoms with van der Waals surface area (Å²) in [6.45, 7) is 6.13. The van der Waals surface area contributed by atoms with Crippen molar-refractivity contribution in [2.45, 2.75) is 33.6 Å². The van der Waals surface area contributed by atoms with Crippen LogP contribution in [0, 0.1) is 0 Å². The minimum Gasteiger partial charge on any atom is -0.457 e. The Balaban J connectivity index is 0.000000606. The van der Waals surface area contributed by atoms with Crippen LogP contribution in [0.1, 0.15) is 33.6 Å². The molecule has 0 aromatic heterocycles. The van der Waals surface area contributed by atoms with E-state index in [2.05, 4.69) is 19.1 Å². The van der Waals surface area contributed by atoms with Crippen molar-refractivity contribution in [1.29, 1.82) is 0 Å². The summed E-state index contributed by atoms with van der Waals surface area (Å²) in [5.74, 6) is 1.91. The standard InChI is InChI=1S/C13H14O.C2H6/c1-11-7-5-6-10-13(11)14-12-8-3-2-4-9-12;1-2/h2-4,6,8-10H,5,7H2,1H3;1-2H3. The molecule has 1 nitrogen and oxygen atoms in total. The summed E-state index contributed by atoms with van der Waals surface area (Å²) in [5.41, 5.74) is 1.33. The van der Waals surface area contributed by atoms with Crippen LogP contribution in [0.3, 0.4) is 0 Å². The number of allylic oxidation sites excluding steroid dienone is 3. The predicted octanol–water partition coefficient (Wildman–Crippen LogP) is 4.72. The number of benzene rings is 1. The average Bonchev–Trinajstić information content (AvgIpc) is 2.36. The van der Waals surface area contributed by atoms with Gasteiger partial charge in [0.15, 0.2) is 0 Å². The third kappa shape index (κ3) is 3.58. The Kier molecular flexibility index (Phi) is 5.41. The molecule has 0 spiro atoms. The van der Waals surface area contributed by atoms with Gasteiger partial charge in [-0.15, -0.1) is 0 Å². The number of rotatable bonds is 2. The third-order valence-corrected chi connectivity index (χ3v) is 2.35. The van der Waals surface area contributed by atoms with Gasteiger partial charge in [0.05, 0.1) is 0 Å². The molecule has 0 fully saturated rings. The van der Waals surface area contributed by atoms with E-state index in [-0.39, 0.29) is 0 Å². The van der Waals surface area contributed by atoms with Crippen LogP contribution in [0.15, 0.2) is 53.8 Å². The zero-order chi connectivity index (χ0) is 11.8. The smallest absolute Gasteiger partial charge is 0.127 e. The van der Waals surface area contributed by atoms with E-state index < -0.39 is 0 Å². The molecule has 1 heteroatoms. The van der Waals surface area contributed by atoms with Crippen LogP contribution >= 0.6 is 0 Å². The van der Waals surface area contributed by atoms with Crippen molar-refractivity contribution in [2.75, 3.05) is 0 Å². The Bertz CT molecular complexity index is 360. The second-order valence-corrected chi connectivity index (χ2v) is 3.50. The molecule has 16 heavy (non-hydrogen) atoms. The Morgan fingerprint density at radius 3 is 2.38 bits per heavy atom. The molecule has 0 aliphatic heterocycles. The molecule has 0 radical (unpaired) electrons. The van der Waals surface area contributed by atoms with Crippen molar-refractivity contribution in [3.63, 3.8) is 0 Å². The number of hydrogen-bond acceptors (Lipinski definition) is 1. The zero-order valence-electron chi connectivity index (χ0n) is 10.4. The molecule has 0 saturated carbocycles. The quantitative estimate of drug-likeness (QED) is 0.695. The van der Waals surface area contributed by atoms with Gasteiger partial charge in [0.1, 0.15) is 11.5 Å². The van der Waals surface area contributed by atoms with E-state index in [1.165, 1.54) is 5.57 Å². The van der Waals surface area contributed by atoms with Gasteiger partial charge in [0, 0.05) is 0 Å². The van der Waals surface area contributed by atoms with Gasteiger partial charge in [-0.2, -0.15) is 0 Å². The van der Waals surface area contributed by atoms with Gasteiger partial charge < -0.3 is 4.74 Å². The van der Waals surface area contributed by atoms with Gasteiger partial charge >= 0.3 is 0 Å². The normalized spacial score (nSPS) is 14.2. The molecule has 1 aromatic carbocycles. The summed E-state index contributed by atoms with van der Waals surface area (Å²) in [4.78, 5) is 0. The summed E-state index contributed by atoms with van der Waals surface area (Å²) in [5, 5.41) is 0. The Labute approximate surface area is 98.5 Å². The SMILES string of the molecule is CC.CC1=C(Oc2ccccc2)C=CCC1. The molecule has 0 atom stereocenters. The second-order valence-electron chi connectivity index (χ2n) is 3.50. The lowest BCUT2D eigenvalue weighted by Crippen LogP contribution is -1.99. The van der Waals surface area contributed by atoms with Gasteiger partial charge in [0.2, 0.25) is 0 Å². The Morgan fingerprint density at radius 2 is 1.75 bits per heavy atom. The highest BCUT2D eigenvalue weighted by Crippen LogP contribution is 2.22. The van der Waals surface area contributed by atoms with Crippen LogP contribution in [-0.2, 0) is 0 Å². The van der Waals surface area contributed by atoms with Gasteiger partial charge in [-0.3, -0.25) is 0 Å². The van der Waals surface area contributed by atoms with Crippen molar-refractivity contribution >= 4 is 0 Å². The van der Waals surface area contributed by atoms with Crippen LogP contribution < -0.4 is 4.74 Å². The van der Waals surface area contributed by atoms with E-state index >= 15 is 0 Å². The largest absolute Gasteiger partial charge is 0.457 e. The lowest BCUT2D eigenvalue weighted by Gasteiger charge is -2.13. The molecule has 1 aromatic rings. The molecule has 86 valence electrons. The van der Waals surface area contributed by atoms with Gasteiger partial charge in [-0.1, -0.05) is 38.1 Å². The molecule has 1 aliphatic rings. The maximum atomic E-state index is 5.76. The highest BCUT2D eigenvalue weighted by Gasteiger charge is 2.05. The highest BCUT2D eigenvalue weighted by atomic mass is 16.5. The van der Waals surface area contributed by atoms with Gasteiger partial charge in [0.25, 0.3) is 0 Å². The molecular formula is C15H20O. The Hall–Kier alpha value is -1.50. The van der Waals surface area contributed by atoms with Crippen LogP contribution in [-0.4, -0.2) is 0 Å². The third-order valence-electron chi connectivity index (χ3n) is 2.35. The molecule has 0 heterocycles. The van der Waals surface area contributed by atoms with Gasteiger partial charge in [-0.05, 0) is 43.5 Å². The first-order chi connectivity index (χ1) is 7.86. The topological polar surface area (TPSA) is 9.23 Å². The lowest BCUT2D eigenvalue weighted by molar-refractivity contribution is 0.432. The molecule has 0 saturated heterocycles. The minimum atomic E-state index is 0.911. The Morgan fingerprint density at radius 1 is 1.06 bits per heavy atom. The summed E-state index contributed by atoms with van der Waals surface area (Å²) < 4.78 is 5.76. The average molecular weight is 216 g/mol. The fraction of sp³-hybridized carbons (Fsp3) is 0.333. The molecule has 0 amide bonds. The van der Waals surface area contributed by atoms with Crippen molar-refractivity contribution in [1.82, 2.24) is 0 Å². The molecular weight excluding hydrogens is 196 g/mol. The summed E-state index contributed by atoms with van der Waals surface area (Å²) in [6.07, 6.45) is 6.46. The van der Waals surface area contributed by atoms with Crippen LogP contribution in [0.25, 0.3) is 0 Å². The van der Waals surface area contributed by atoms with E-state index in [1.807, 2.05) is 44.2 Å². The first-order valence-electron chi connectivity index (χ1n) is 5.95. The van der Waals surface area contributed by atoms with Crippen LogP contribution in [0.4, 0.5) is 0 Å². The second kappa shape index (κ2) is 6.89. The number of para-hydroxylation sites is 1. The molecule has 2 rings (SSSR count). The van der Waals surface area contributed by atoms with E-state index in [0.717, 1.165) is 24.4 Å². The molecule has 0 bridgehead atoms. The number of hydrogen-bond donors (Lipinski definition) is 0. The summed E-state index contributed by atoms with van der Waals surface area (Å²) in [7, 11) is 0. The summed E-state index contributed by atoms with van der Waals surface area (Å²) in [6, 6.07) is 9.91.